The van der Waals surface area contributed by atoms with Crippen molar-refractivity contribution >= 4 is 11.6 Å². The number of anilines is 2. The standard InChI is InChI=1S/C15H26N4/c1-4-16-13-9-14(19-15(18-13)11(2)3)17-10-12-7-5-6-8-12/h9,11-12H,4-8,10H2,1-3H3,(H2,16,17,18,19). The summed E-state index contributed by atoms with van der Waals surface area (Å²) in [6.07, 6.45) is 5.48. The number of rotatable bonds is 6. The fourth-order valence-corrected chi connectivity index (χ4v) is 2.55. The number of hydrogen-bond acceptors (Lipinski definition) is 4. The summed E-state index contributed by atoms with van der Waals surface area (Å²) in [6, 6.07) is 2.02. The zero-order chi connectivity index (χ0) is 13.7. The molecule has 0 radical (unpaired) electrons. The molecule has 1 aromatic heterocycles. The summed E-state index contributed by atoms with van der Waals surface area (Å²) in [6.45, 7) is 8.27. The minimum atomic E-state index is 0.352. The van der Waals surface area contributed by atoms with Crippen molar-refractivity contribution in [3.05, 3.63) is 11.9 Å². The molecule has 1 saturated carbocycles. The Labute approximate surface area is 116 Å². The third kappa shape index (κ3) is 4.08. The van der Waals surface area contributed by atoms with E-state index in [2.05, 4.69) is 41.4 Å². The second kappa shape index (κ2) is 6.73. The minimum absolute atomic E-state index is 0.352. The predicted octanol–water partition coefficient (Wildman–Crippen LogP) is 3.63. The third-order valence-electron chi connectivity index (χ3n) is 3.66. The highest BCUT2D eigenvalue weighted by Gasteiger charge is 2.15. The van der Waals surface area contributed by atoms with Crippen molar-refractivity contribution in [3.8, 4) is 0 Å². The van der Waals surface area contributed by atoms with Gasteiger partial charge < -0.3 is 10.6 Å². The molecule has 2 N–H and O–H groups in total. The van der Waals surface area contributed by atoms with E-state index in [0.29, 0.717) is 5.92 Å². The first kappa shape index (κ1) is 14.1. The Morgan fingerprint density at radius 1 is 1.16 bits per heavy atom. The molecular weight excluding hydrogens is 236 g/mol. The maximum atomic E-state index is 4.61. The number of aromatic nitrogens is 2. The molecule has 1 aromatic rings. The molecule has 0 amide bonds. The maximum absolute atomic E-state index is 4.61. The predicted molar refractivity (Wildman–Crippen MR) is 80.7 cm³/mol. The SMILES string of the molecule is CCNc1cc(NCC2CCCC2)nc(C(C)C)n1. The van der Waals surface area contributed by atoms with Gasteiger partial charge in [-0.3, -0.25) is 0 Å². The van der Waals surface area contributed by atoms with Gasteiger partial charge in [-0.25, -0.2) is 9.97 Å². The van der Waals surface area contributed by atoms with Gasteiger partial charge in [-0.05, 0) is 25.7 Å². The molecule has 0 atom stereocenters. The first-order valence-corrected chi connectivity index (χ1v) is 7.55. The lowest BCUT2D eigenvalue weighted by molar-refractivity contribution is 0.578. The number of nitrogens with one attached hydrogen (secondary N) is 2. The molecule has 0 unspecified atom stereocenters. The molecule has 4 heteroatoms. The largest absolute Gasteiger partial charge is 0.370 e. The van der Waals surface area contributed by atoms with Crippen molar-refractivity contribution in [3.63, 3.8) is 0 Å². The zero-order valence-corrected chi connectivity index (χ0v) is 12.4. The molecule has 19 heavy (non-hydrogen) atoms. The average molecular weight is 262 g/mol. The summed E-state index contributed by atoms with van der Waals surface area (Å²) in [5.41, 5.74) is 0. The minimum Gasteiger partial charge on any atom is -0.370 e. The van der Waals surface area contributed by atoms with Crippen molar-refractivity contribution in [1.82, 2.24) is 9.97 Å². The van der Waals surface area contributed by atoms with E-state index >= 15 is 0 Å². The average Bonchev–Trinajstić information content (AvgIpc) is 2.89. The van der Waals surface area contributed by atoms with Crippen molar-refractivity contribution in [1.29, 1.82) is 0 Å². The van der Waals surface area contributed by atoms with Gasteiger partial charge in [-0.2, -0.15) is 0 Å². The normalized spacial score (nSPS) is 16.0. The molecule has 0 aliphatic heterocycles. The van der Waals surface area contributed by atoms with Gasteiger partial charge in [0.25, 0.3) is 0 Å². The second-order valence-corrected chi connectivity index (χ2v) is 5.71. The Hall–Kier alpha value is -1.32. The summed E-state index contributed by atoms with van der Waals surface area (Å²) in [5, 5.41) is 6.77. The lowest BCUT2D eigenvalue weighted by atomic mass is 10.1. The molecule has 0 spiro atoms. The molecule has 106 valence electrons. The van der Waals surface area contributed by atoms with Crippen LogP contribution in [-0.2, 0) is 0 Å². The number of nitrogens with zero attached hydrogens (tertiary/aromatic N) is 2. The monoisotopic (exact) mass is 262 g/mol. The smallest absolute Gasteiger partial charge is 0.135 e. The Bertz CT molecular complexity index is 397. The van der Waals surface area contributed by atoms with Crippen LogP contribution in [0.2, 0.25) is 0 Å². The van der Waals surface area contributed by atoms with Gasteiger partial charge in [0.1, 0.15) is 17.5 Å². The second-order valence-electron chi connectivity index (χ2n) is 5.71. The van der Waals surface area contributed by atoms with E-state index in [1.165, 1.54) is 25.7 Å². The molecule has 0 aromatic carbocycles. The Morgan fingerprint density at radius 2 is 1.79 bits per heavy atom. The van der Waals surface area contributed by atoms with Crippen LogP contribution < -0.4 is 10.6 Å². The van der Waals surface area contributed by atoms with Crippen LogP contribution in [0.3, 0.4) is 0 Å². The lowest BCUT2D eigenvalue weighted by Crippen LogP contribution is -2.14. The van der Waals surface area contributed by atoms with Crippen LogP contribution in [-0.4, -0.2) is 23.1 Å². The van der Waals surface area contributed by atoms with E-state index in [9.17, 15) is 0 Å². The quantitative estimate of drug-likeness (QED) is 0.822. The molecule has 0 saturated heterocycles. The molecule has 1 aliphatic rings. The molecule has 2 rings (SSSR count). The highest BCUT2D eigenvalue weighted by molar-refractivity contribution is 5.47. The number of hydrogen-bond donors (Lipinski definition) is 2. The Morgan fingerprint density at radius 3 is 2.37 bits per heavy atom. The molecule has 1 fully saturated rings. The van der Waals surface area contributed by atoms with E-state index < -0.39 is 0 Å². The van der Waals surface area contributed by atoms with Gasteiger partial charge in [0.2, 0.25) is 0 Å². The van der Waals surface area contributed by atoms with Crippen LogP contribution in [0.4, 0.5) is 11.6 Å². The summed E-state index contributed by atoms with van der Waals surface area (Å²) < 4.78 is 0. The van der Waals surface area contributed by atoms with E-state index in [1.807, 2.05) is 6.07 Å². The van der Waals surface area contributed by atoms with Crippen LogP contribution in [0.1, 0.15) is 58.2 Å². The first-order chi connectivity index (χ1) is 9.19. The van der Waals surface area contributed by atoms with E-state index in [4.69, 9.17) is 0 Å². The zero-order valence-electron chi connectivity index (χ0n) is 12.4. The fourth-order valence-electron chi connectivity index (χ4n) is 2.55. The molecule has 4 nitrogen and oxygen atoms in total. The molecule has 1 heterocycles. The summed E-state index contributed by atoms with van der Waals surface area (Å²) in [5.74, 6) is 3.97. The van der Waals surface area contributed by atoms with Gasteiger partial charge in [-0.15, -0.1) is 0 Å². The fraction of sp³-hybridized carbons (Fsp3) is 0.733. The van der Waals surface area contributed by atoms with Crippen molar-refractivity contribution in [2.45, 2.75) is 52.4 Å². The highest BCUT2D eigenvalue weighted by atomic mass is 15.1. The van der Waals surface area contributed by atoms with Crippen molar-refractivity contribution < 1.29 is 0 Å². The maximum Gasteiger partial charge on any atom is 0.135 e. The first-order valence-electron chi connectivity index (χ1n) is 7.55. The molecule has 1 aliphatic carbocycles. The lowest BCUT2D eigenvalue weighted by Gasteiger charge is -2.14. The van der Waals surface area contributed by atoms with Crippen LogP contribution in [0.25, 0.3) is 0 Å². The van der Waals surface area contributed by atoms with Gasteiger partial charge in [-0.1, -0.05) is 26.7 Å². The van der Waals surface area contributed by atoms with E-state index in [0.717, 1.165) is 36.5 Å². The Balaban J connectivity index is 2.04. The van der Waals surface area contributed by atoms with Crippen LogP contribution in [0.5, 0.6) is 0 Å². The summed E-state index contributed by atoms with van der Waals surface area (Å²) in [4.78, 5) is 9.15. The van der Waals surface area contributed by atoms with Gasteiger partial charge >= 0.3 is 0 Å². The van der Waals surface area contributed by atoms with Gasteiger partial charge in [0.05, 0.1) is 0 Å². The Kier molecular flexibility index (Phi) is 5.00. The van der Waals surface area contributed by atoms with Crippen LogP contribution in [0, 0.1) is 5.92 Å². The van der Waals surface area contributed by atoms with Crippen molar-refractivity contribution in [2.75, 3.05) is 23.7 Å². The summed E-state index contributed by atoms with van der Waals surface area (Å²) in [7, 11) is 0. The van der Waals surface area contributed by atoms with Crippen LogP contribution >= 0.6 is 0 Å². The highest BCUT2D eigenvalue weighted by Crippen LogP contribution is 2.25. The molecular formula is C15H26N4. The van der Waals surface area contributed by atoms with Crippen LogP contribution in [0.15, 0.2) is 6.07 Å². The van der Waals surface area contributed by atoms with E-state index in [1.54, 1.807) is 0 Å². The van der Waals surface area contributed by atoms with Crippen molar-refractivity contribution in [2.24, 2.45) is 5.92 Å². The third-order valence-corrected chi connectivity index (χ3v) is 3.66. The van der Waals surface area contributed by atoms with Gasteiger partial charge in [0, 0.05) is 25.1 Å². The van der Waals surface area contributed by atoms with E-state index in [-0.39, 0.29) is 0 Å². The topological polar surface area (TPSA) is 49.8 Å². The molecule has 0 bridgehead atoms. The van der Waals surface area contributed by atoms with Gasteiger partial charge in [0.15, 0.2) is 0 Å². The summed E-state index contributed by atoms with van der Waals surface area (Å²) >= 11 is 0.